The van der Waals surface area contributed by atoms with Gasteiger partial charge in [0.2, 0.25) is 11.8 Å². The van der Waals surface area contributed by atoms with Crippen LogP contribution in [0.2, 0.25) is 0 Å². The number of carbonyl (C=O) groups excluding carboxylic acids is 3. The highest BCUT2D eigenvalue weighted by Gasteiger charge is 2.35. The smallest absolute Gasteiger partial charge is 0.268 e. The monoisotopic (exact) mass is 401 g/mol. The first-order valence-corrected chi connectivity index (χ1v) is 8.87. The summed E-state index contributed by atoms with van der Waals surface area (Å²) in [7, 11) is 0. The van der Waals surface area contributed by atoms with Crippen molar-refractivity contribution >= 4 is 29.1 Å². The summed E-state index contributed by atoms with van der Waals surface area (Å²) in [6.45, 7) is 1.71. The van der Waals surface area contributed by atoms with Gasteiger partial charge in [0.1, 0.15) is 29.4 Å². The van der Waals surface area contributed by atoms with Crippen molar-refractivity contribution in [3.63, 3.8) is 0 Å². The zero-order valence-electron chi connectivity index (χ0n) is 15.6. The molecule has 10 heteroatoms. The Morgan fingerprint density at radius 3 is 2.66 bits per heavy atom. The first-order chi connectivity index (χ1) is 13.8. The molecule has 0 saturated heterocycles. The van der Waals surface area contributed by atoms with E-state index in [1.165, 1.54) is 42.5 Å². The number of carbonyl (C=O) groups is 3. The number of hydrogen-bond donors (Lipinski definition) is 3. The third kappa shape index (κ3) is 4.78. The fourth-order valence-electron chi connectivity index (χ4n) is 2.79. The van der Waals surface area contributed by atoms with Crippen molar-refractivity contribution in [1.82, 2.24) is 10.6 Å². The van der Waals surface area contributed by atoms with Crippen LogP contribution in [0.4, 0.5) is 10.1 Å². The van der Waals surface area contributed by atoms with Gasteiger partial charge < -0.3 is 20.8 Å². The Hall–Kier alpha value is -3.69. The van der Waals surface area contributed by atoms with Crippen LogP contribution in [-0.2, 0) is 20.9 Å². The topological polar surface area (TPSA) is 130 Å². The Labute approximate surface area is 165 Å². The Morgan fingerprint density at radius 1 is 1.31 bits per heavy atom. The van der Waals surface area contributed by atoms with Crippen LogP contribution in [0.5, 0.6) is 0 Å². The molecule has 0 saturated carbocycles. The van der Waals surface area contributed by atoms with Crippen molar-refractivity contribution in [3.8, 4) is 0 Å². The number of halogens is 1. The molecular formula is C19H20FN5O4. The second kappa shape index (κ2) is 8.55. The van der Waals surface area contributed by atoms with Crippen molar-refractivity contribution in [2.45, 2.75) is 32.0 Å². The lowest BCUT2D eigenvalue weighted by Crippen LogP contribution is -2.47. The van der Waals surface area contributed by atoms with Gasteiger partial charge in [-0.25, -0.2) is 4.39 Å². The lowest BCUT2D eigenvalue weighted by Gasteiger charge is -2.20. The summed E-state index contributed by atoms with van der Waals surface area (Å²) in [4.78, 5) is 36.4. The van der Waals surface area contributed by atoms with Crippen molar-refractivity contribution in [2.24, 2.45) is 10.8 Å². The minimum Gasteiger partial charge on any atom is -0.467 e. The molecule has 1 aromatic heterocycles. The van der Waals surface area contributed by atoms with Crippen LogP contribution >= 0.6 is 0 Å². The molecule has 29 heavy (non-hydrogen) atoms. The quantitative estimate of drug-likeness (QED) is 0.627. The SMILES string of the molecule is CC(NC(=O)C1=NN(c2ccc(F)cc2)C(C(N)=O)C1)C(=O)NCc1ccco1. The fraction of sp³-hybridized carbons (Fsp3) is 0.263. The molecule has 0 radical (unpaired) electrons. The lowest BCUT2D eigenvalue weighted by molar-refractivity contribution is -0.126. The average Bonchev–Trinajstić information content (AvgIpc) is 3.36. The number of furan rings is 1. The van der Waals surface area contributed by atoms with E-state index in [9.17, 15) is 18.8 Å². The first kappa shape index (κ1) is 20.1. The average molecular weight is 401 g/mol. The molecule has 3 amide bonds. The van der Waals surface area contributed by atoms with E-state index < -0.39 is 35.6 Å². The van der Waals surface area contributed by atoms with E-state index in [0.29, 0.717) is 11.4 Å². The summed E-state index contributed by atoms with van der Waals surface area (Å²) >= 11 is 0. The van der Waals surface area contributed by atoms with E-state index >= 15 is 0 Å². The van der Waals surface area contributed by atoms with Crippen molar-refractivity contribution in [1.29, 1.82) is 0 Å². The zero-order chi connectivity index (χ0) is 21.0. The Morgan fingerprint density at radius 2 is 2.03 bits per heavy atom. The van der Waals surface area contributed by atoms with Gasteiger partial charge in [-0.2, -0.15) is 5.10 Å². The van der Waals surface area contributed by atoms with Gasteiger partial charge in [0.15, 0.2) is 0 Å². The maximum Gasteiger partial charge on any atom is 0.268 e. The number of nitrogens with zero attached hydrogens (tertiary/aromatic N) is 2. The number of rotatable bonds is 7. The highest BCUT2D eigenvalue weighted by molar-refractivity contribution is 6.40. The molecule has 1 aromatic carbocycles. The van der Waals surface area contributed by atoms with Crippen LogP contribution in [0.1, 0.15) is 19.1 Å². The molecule has 0 bridgehead atoms. The molecule has 1 aliphatic rings. The molecule has 3 rings (SSSR count). The first-order valence-electron chi connectivity index (χ1n) is 8.87. The molecule has 2 atom stereocenters. The van der Waals surface area contributed by atoms with Crippen LogP contribution in [0, 0.1) is 5.82 Å². The van der Waals surface area contributed by atoms with Gasteiger partial charge in [-0.05, 0) is 43.3 Å². The van der Waals surface area contributed by atoms with Gasteiger partial charge in [0.25, 0.3) is 5.91 Å². The van der Waals surface area contributed by atoms with E-state index in [-0.39, 0.29) is 18.7 Å². The minimum atomic E-state index is -0.885. The van der Waals surface area contributed by atoms with Gasteiger partial charge in [-0.15, -0.1) is 0 Å². The van der Waals surface area contributed by atoms with Gasteiger partial charge >= 0.3 is 0 Å². The van der Waals surface area contributed by atoms with Crippen molar-refractivity contribution in [3.05, 3.63) is 54.2 Å². The van der Waals surface area contributed by atoms with Gasteiger partial charge in [-0.3, -0.25) is 19.4 Å². The predicted molar refractivity (Wildman–Crippen MR) is 102 cm³/mol. The largest absolute Gasteiger partial charge is 0.467 e. The summed E-state index contributed by atoms with van der Waals surface area (Å²) in [6.07, 6.45) is 1.46. The fourth-order valence-corrected chi connectivity index (χ4v) is 2.79. The van der Waals surface area contributed by atoms with Crippen LogP contribution < -0.4 is 21.4 Å². The molecule has 152 valence electrons. The molecule has 2 heterocycles. The van der Waals surface area contributed by atoms with Gasteiger partial charge in [0, 0.05) is 6.42 Å². The van der Waals surface area contributed by atoms with Crippen LogP contribution in [-0.4, -0.2) is 35.5 Å². The number of nitrogens with one attached hydrogen (secondary N) is 2. The molecule has 1 aliphatic heterocycles. The predicted octanol–water partition coefficient (Wildman–Crippen LogP) is 0.660. The maximum atomic E-state index is 13.2. The van der Waals surface area contributed by atoms with E-state index in [2.05, 4.69) is 15.7 Å². The summed E-state index contributed by atoms with van der Waals surface area (Å²) in [5, 5.41) is 10.6. The summed E-state index contributed by atoms with van der Waals surface area (Å²) in [6, 6.07) is 6.98. The normalized spacial score (nSPS) is 16.8. The van der Waals surface area contributed by atoms with Crippen LogP contribution in [0.25, 0.3) is 0 Å². The number of nitrogens with two attached hydrogens (primary N) is 1. The van der Waals surface area contributed by atoms with E-state index in [0.717, 1.165) is 0 Å². The number of hydrazone groups is 1. The minimum absolute atomic E-state index is 0.0285. The molecule has 4 N–H and O–H groups in total. The van der Waals surface area contributed by atoms with Crippen molar-refractivity contribution < 1.29 is 23.2 Å². The zero-order valence-corrected chi connectivity index (χ0v) is 15.6. The van der Waals surface area contributed by atoms with E-state index in [4.69, 9.17) is 10.2 Å². The molecule has 2 aromatic rings. The molecule has 9 nitrogen and oxygen atoms in total. The highest BCUT2D eigenvalue weighted by Crippen LogP contribution is 2.24. The number of primary amides is 1. The summed E-state index contributed by atoms with van der Waals surface area (Å²) in [5.41, 5.74) is 5.88. The summed E-state index contributed by atoms with van der Waals surface area (Å²) < 4.78 is 18.3. The molecule has 0 spiro atoms. The molecular weight excluding hydrogens is 381 g/mol. The van der Waals surface area contributed by atoms with E-state index in [1.807, 2.05) is 0 Å². The Bertz CT molecular complexity index is 927. The molecule has 0 fully saturated rings. The second-order valence-electron chi connectivity index (χ2n) is 6.48. The number of amides is 3. The third-order valence-corrected chi connectivity index (χ3v) is 4.35. The number of benzene rings is 1. The van der Waals surface area contributed by atoms with E-state index in [1.54, 1.807) is 12.1 Å². The second-order valence-corrected chi connectivity index (χ2v) is 6.48. The number of anilines is 1. The van der Waals surface area contributed by atoms with Gasteiger partial charge in [0.05, 0.1) is 18.5 Å². The third-order valence-electron chi connectivity index (χ3n) is 4.35. The standard InChI is InChI=1S/C19H20FN5O4/c1-11(18(27)22-10-14-3-2-8-29-14)23-19(28)15-9-16(17(21)26)25(24-15)13-6-4-12(20)5-7-13/h2-8,11,16H,9-10H2,1H3,(H2,21,26)(H,22,27)(H,23,28). The highest BCUT2D eigenvalue weighted by atomic mass is 19.1. The van der Waals surface area contributed by atoms with Crippen LogP contribution in [0.15, 0.2) is 52.2 Å². The number of hydrogen-bond acceptors (Lipinski definition) is 6. The van der Waals surface area contributed by atoms with Gasteiger partial charge in [-0.1, -0.05) is 0 Å². The Balaban J connectivity index is 1.64. The Kier molecular flexibility index (Phi) is 5.91. The lowest BCUT2D eigenvalue weighted by atomic mass is 10.1. The molecule has 0 aliphatic carbocycles. The molecule has 2 unspecified atom stereocenters. The van der Waals surface area contributed by atoms with Crippen molar-refractivity contribution in [2.75, 3.05) is 5.01 Å². The summed E-state index contributed by atoms with van der Waals surface area (Å²) in [5.74, 6) is -1.54. The maximum absolute atomic E-state index is 13.2. The van der Waals surface area contributed by atoms with Crippen LogP contribution in [0.3, 0.4) is 0 Å².